The highest BCUT2D eigenvalue weighted by molar-refractivity contribution is 6.37. The maximum atomic E-state index is 13.6. The average molecular weight is 435 g/mol. The van der Waals surface area contributed by atoms with Gasteiger partial charge >= 0.3 is 6.03 Å². The molecule has 0 N–H and O–H groups in total. The number of rotatable bonds is 0. The van der Waals surface area contributed by atoms with E-state index in [2.05, 4.69) is 49.4 Å². The summed E-state index contributed by atoms with van der Waals surface area (Å²) < 4.78 is 0. The fourth-order valence-electron chi connectivity index (χ4n) is 5.82. The Hall–Kier alpha value is -2.49. The number of urea groups is 1. The molecule has 2 aliphatic heterocycles. The molecule has 0 fully saturated rings. The van der Waals surface area contributed by atoms with E-state index < -0.39 is 0 Å². The van der Waals surface area contributed by atoms with Crippen LogP contribution in [-0.2, 0) is 6.42 Å². The van der Waals surface area contributed by atoms with Gasteiger partial charge in [-0.15, -0.1) is 0 Å². The average Bonchev–Trinajstić information content (AvgIpc) is 3.10. The van der Waals surface area contributed by atoms with Crippen molar-refractivity contribution in [2.75, 3.05) is 16.8 Å². The maximum absolute atomic E-state index is 13.6. The summed E-state index contributed by atoms with van der Waals surface area (Å²) in [7, 11) is 1.79. The Labute approximate surface area is 185 Å². The molecular formula is C25H20Cl2N2O. The molecule has 0 saturated carbocycles. The second-order valence-electron chi connectivity index (χ2n) is 8.59. The van der Waals surface area contributed by atoms with Gasteiger partial charge in [0, 0.05) is 23.6 Å². The first-order chi connectivity index (χ1) is 14.5. The molecule has 3 aromatic rings. The standard InChI is InChI=1S/C25H20Cl2N2O/c1-13-7-8-21-17(9-13)22-16-6-4-3-5-14(16)10-18(22)23-19-11-15(26)12-20(27)24(19)28(2)25(30)29(21)23/h3-9,11-12,18,22-23H,10H2,1-2H3/t18-,22-,23+/m1/s1. The number of benzene rings is 3. The van der Waals surface area contributed by atoms with Gasteiger partial charge in [-0.3, -0.25) is 9.80 Å². The Morgan fingerprint density at radius 2 is 1.77 bits per heavy atom. The van der Waals surface area contributed by atoms with Crippen molar-refractivity contribution in [2.24, 2.45) is 5.92 Å². The van der Waals surface area contributed by atoms with Crippen molar-refractivity contribution in [3.8, 4) is 0 Å². The van der Waals surface area contributed by atoms with Crippen LogP contribution in [0.5, 0.6) is 0 Å². The van der Waals surface area contributed by atoms with E-state index in [0.29, 0.717) is 10.0 Å². The lowest BCUT2D eigenvalue weighted by molar-refractivity contribution is 0.242. The molecule has 3 atom stereocenters. The van der Waals surface area contributed by atoms with Gasteiger partial charge < -0.3 is 0 Å². The fraction of sp³-hybridized carbons (Fsp3) is 0.240. The first-order valence-corrected chi connectivity index (χ1v) is 11.0. The molecule has 6 rings (SSSR count). The zero-order valence-electron chi connectivity index (χ0n) is 16.7. The van der Waals surface area contributed by atoms with Crippen molar-refractivity contribution in [1.82, 2.24) is 0 Å². The Kier molecular flexibility index (Phi) is 3.82. The molecule has 0 radical (unpaired) electrons. The number of hydrogen-bond acceptors (Lipinski definition) is 1. The smallest absolute Gasteiger partial charge is 0.295 e. The fourth-order valence-corrected chi connectivity index (χ4v) is 6.45. The van der Waals surface area contributed by atoms with Crippen molar-refractivity contribution >= 4 is 40.6 Å². The SMILES string of the molecule is Cc1ccc2c(c1)[C@H]1c3ccccc3C[C@H]1[C@H]1c3cc(Cl)cc(Cl)c3N(C)C(=O)N21. The van der Waals surface area contributed by atoms with Gasteiger partial charge in [-0.2, -0.15) is 0 Å². The van der Waals surface area contributed by atoms with Crippen molar-refractivity contribution < 1.29 is 4.79 Å². The van der Waals surface area contributed by atoms with Crippen LogP contribution in [0.2, 0.25) is 10.0 Å². The molecule has 2 heterocycles. The van der Waals surface area contributed by atoms with Gasteiger partial charge in [-0.05, 0) is 54.2 Å². The largest absolute Gasteiger partial charge is 0.329 e. The first-order valence-electron chi connectivity index (χ1n) is 10.2. The predicted molar refractivity (Wildman–Crippen MR) is 122 cm³/mol. The number of fused-ring (bicyclic) bond motifs is 10. The van der Waals surface area contributed by atoms with Crippen LogP contribution in [0.25, 0.3) is 0 Å². The van der Waals surface area contributed by atoms with E-state index in [-0.39, 0.29) is 23.9 Å². The monoisotopic (exact) mass is 434 g/mol. The molecule has 2 amide bonds. The van der Waals surface area contributed by atoms with Crippen molar-refractivity contribution in [1.29, 1.82) is 0 Å². The summed E-state index contributed by atoms with van der Waals surface area (Å²) in [5, 5.41) is 1.12. The lowest BCUT2D eigenvalue weighted by atomic mass is 9.73. The summed E-state index contributed by atoms with van der Waals surface area (Å²) in [5.41, 5.74) is 7.97. The molecule has 5 heteroatoms. The highest BCUT2D eigenvalue weighted by atomic mass is 35.5. The predicted octanol–water partition coefficient (Wildman–Crippen LogP) is 6.74. The van der Waals surface area contributed by atoms with Crippen LogP contribution < -0.4 is 9.80 Å². The third-order valence-corrected chi connectivity index (χ3v) is 7.45. The molecule has 1 aliphatic carbocycles. The molecule has 30 heavy (non-hydrogen) atoms. The highest BCUT2D eigenvalue weighted by Gasteiger charge is 2.52. The number of halogens is 2. The normalized spacial score (nSPS) is 23.5. The molecule has 0 unspecified atom stereocenters. The van der Waals surface area contributed by atoms with E-state index in [4.69, 9.17) is 23.2 Å². The number of nitrogens with zero attached hydrogens (tertiary/aromatic N) is 2. The Morgan fingerprint density at radius 1 is 0.967 bits per heavy atom. The molecule has 3 aliphatic rings. The molecule has 3 aromatic carbocycles. The van der Waals surface area contributed by atoms with Gasteiger partial charge in [0.05, 0.1) is 22.4 Å². The maximum Gasteiger partial charge on any atom is 0.329 e. The van der Waals surface area contributed by atoms with E-state index in [1.165, 1.54) is 22.3 Å². The minimum Gasteiger partial charge on any atom is -0.295 e. The molecule has 150 valence electrons. The van der Waals surface area contributed by atoms with Crippen LogP contribution >= 0.6 is 23.2 Å². The second-order valence-corrected chi connectivity index (χ2v) is 9.43. The van der Waals surface area contributed by atoms with E-state index >= 15 is 0 Å². The van der Waals surface area contributed by atoms with Gasteiger partial charge in [-0.1, -0.05) is 65.2 Å². The van der Waals surface area contributed by atoms with E-state index in [9.17, 15) is 4.79 Å². The number of aryl methyl sites for hydroxylation is 1. The third kappa shape index (κ3) is 2.31. The van der Waals surface area contributed by atoms with Crippen molar-refractivity contribution in [3.05, 3.63) is 92.5 Å². The zero-order chi connectivity index (χ0) is 20.7. The summed E-state index contributed by atoms with van der Waals surface area (Å²) in [5.74, 6) is 0.488. The lowest BCUT2D eigenvalue weighted by Gasteiger charge is -2.49. The van der Waals surface area contributed by atoms with Gasteiger partial charge in [-0.25, -0.2) is 4.79 Å². The molecular weight excluding hydrogens is 415 g/mol. The van der Waals surface area contributed by atoms with Crippen LogP contribution in [-0.4, -0.2) is 13.1 Å². The van der Waals surface area contributed by atoms with E-state index in [1.54, 1.807) is 18.0 Å². The quantitative estimate of drug-likeness (QED) is 0.384. The minimum atomic E-state index is -0.104. The summed E-state index contributed by atoms with van der Waals surface area (Å²) in [6.07, 6.45) is 0.927. The van der Waals surface area contributed by atoms with Gasteiger partial charge in [0.2, 0.25) is 0 Å². The summed E-state index contributed by atoms with van der Waals surface area (Å²) in [6.45, 7) is 2.11. The topological polar surface area (TPSA) is 23.6 Å². The highest BCUT2D eigenvalue weighted by Crippen LogP contribution is 2.59. The Morgan fingerprint density at radius 3 is 2.60 bits per heavy atom. The number of carbonyl (C=O) groups is 1. The number of anilines is 2. The Bertz CT molecular complexity index is 1240. The molecule has 3 nitrogen and oxygen atoms in total. The van der Waals surface area contributed by atoms with E-state index in [1.807, 2.05) is 11.0 Å². The molecule has 0 aromatic heterocycles. The van der Waals surface area contributed by atoms with Crippen LogP contribution in [0.4, 0.5) is 16.2 Å². The molecule has 0 spiro atoms. The molecule has 0 bridgehead atoms. The lowest BCUT2D eigenvalue weighted by Crippen LogP contribution is -2.53. The van der Waals surface area contributed by atoms with Crippen LogP contribution in [0, 0.1) is 12.8 Å². The van der Waals surface area contributed by atoms with Crippen molar-refractivity contribution in [3.63, 3.8) is 0 Å². The first kappa shape index (κ1) is 18.3. The van der Waals surface area contributed by atoms with Gasteiger partial charge in [0.15, 0.2) is 0 Å². The Balaban J connectivity index is 1.67. The number of amides is 2. The van der Waals surface area contributed by atoms with Crippen LogP contribution in [0.1, 0.15) is 39.8 Å². The minimum absolute atomic E-state index is 0.0452. The van der Waals surface area contributed by atoms with Gasteiger partial charge in [0.1, 0.15) is 0 Å². The summed E-state index contributed by atoms with van der Waals surface area (Å²) in [6, 6.07) is 18.7. The second kappa shape index (κ2) is 6.26. The van der Waals surface area contributed by atoms with Crippen LogP contribution in [0.15, 0.2) is 54.6 Å². The number of carbonyl (C=O) groups excluding carboxylic acids is 1. The van der Waals surface area contributed by atoms with Crippen LogP contribution in [0.3, 0.4) is 0 Å². The van der Waals surface area contributed by atoms with E-state index in [0.717, 1.165) is 23.4 Å². The zero-order valence-corrected chi connectivity index (χ0v) is 18.2. The van der Waals surface area contributed by atoms with Crippen molar-refractivity contribution in [2.45, 2.75) is 25.3 Å². The summed E-state index contributed by atoms with van der Waals surface area (Å²) >= 11 is 13.0. The summed E-state index contributed by atoms with van der Waals surface area (Å²) in [4.78, 5) is 17.3. The molecule has 0 saturated heterocycles. The third-order valence-electron chi connectivity index (χ3n) is 6.94. The number of hydrogen-bond donors (Lipinski definition) is 0. The van der Waals surface area contributed by atoms with Gasteiger partial charge in [0.25, 0.3) is 0 Å².